The van der Waals surface area contributed by atoms with Gasteiger partial charge in [-0.25, -0.2) is 13.2 Å². The fourth-order valence-electron chi connectivity index (χ4n) is 6.48. The van der Waals surface area contributed by atoms with Gasteiger partial charge in [-0.2, -0.15) is 0 Å². The van der Waals surface area contributed by atoms with Gasteiger partial charge in [-0.05, 0) is 56.8 Å². The number of carbonyl (C=O) groups is 2. The van der Waals surface area contributed by atoms with Crippen LogP contribution in [0.4, 0.5) is 13.2 Å². The smallest absolute Gasteiger partial charge is 0.248 e. The first-order valence-electron chi connectivity index (χ1n) is 12.9. The molecule has 5 rings (SSSR count). The molecule has 0 unspecified atom stereocenters. The van der Waals surface area contributed by atoms with Crippen molar-refractivity contribution in [2.75, 3.05) is 26.7 Å². The summed E-state index contributed by atoms with van der Waals surface area (Å²) in [6.45, 7) is 2.44. The Labute approximate surface area is 215 Å². The third-order valence-electron chi connectivity index (χ3n) is 8.82. The summed E-state index contributed by atoms with van der Waals surface area (Å²) in [5, 5.41) is 3.33. The average molecular weight is 527 g/mol. The second kappa shape index (κ2) is 9.80. The van der Waals surface area contributed by atoms with Gasteiger partial charge < -0.3 is 10.2 Å². The van der Waals surface area contributed by atoms with Crippen LogP contribution < -0.4 is 5.32 Å². The van der Waals surface area contributed by atoms with E-state index in [1.54, 1.807) is 11.0 Å². The number of halogens is 4. The van der Waals surface area contributed by atoms with Gasteiger partial charge in [0.05, 0.1) is 17.0 Å². The zero-order valence-corrected chi connectivity index (χ0v) is 21.4. The van der Waals surface area contributed by atoms with E-state index < -0.39 is 23.3 Å². The summed E-state index contributed by atoms with van der Waals surface area (Å²) in [5.74, 6) is -3.14. The zero-order chi connectivity index (χ0) is 25.7. The van der Waals surface area contributed by atoms with Gasteiger partial charge in [0.2, 0.25) is 17.7 Å². The van der Waals surface area contributed by atoms with Crippen molar-refractivity contribution in [1.29, 1.82) is 0 Å². The van der Waals surface area contributed by atoms with Crippen LogP contribution in [-0.4, -0.2) is 82.8 Å². The van der Waals surface area contributed by atoms with Crippen molar-refractivity contribution in [3.05, 3.63) is 34.6 Å². The second-order valence-electron chi connectivity index (χ2n) is 11.2. The number of benzene rings is 1. The Balaban J connectivity index is 1.18. The number of likely N-dealkylation sites (tertiary alicyclic amines) is 1. The average Bonchev–Trinajstić information content (AvgIpc) is 3.25. The van der Waals surface area contributed by atoms with Gasteiger partial charge in [0.25, 0.3) is 0 Å². The van der Waals surface area contributed by atoms with E-state index in [-0.39, 0.29) is 48.2 Å². The summed E-state index contributed by atoms with van der Waals surface area (Å²) < 4.78 is 41.0. The molecule has 1 spiro atoms. The van der Waals surface area contributed by atoms with Crippen LogP contribution in [-0.2, 0) is 16.1 Å². The topological polar surface area (TPSA) is 55.9 Å². The maximum absolute atomic E-state index is 13.8. The first-order chi connectivity index (χ1) is 17.0. The predicted octanol–water partition coefficient (Wildman–Crippen LogP) is 3.81. The lowest BCUT2D eigenvalue weighted by Crippen LogP contribution is -2.56. The highest BCUT2D eigenvalue weighted by Gasteiger charge is 2.50. The quantitative estimate of drug-likeness (QED) is 0.648. The normalized spacial score (nSPS) is 28.9. The maximum atomic E-state index is 13.8. The van der Waals surface area contributed by atoms with Crippen molar-refractivity contribution in [2.45, 2.75) is 87.5 Å². The number of nitrogens with zero attached hydrogens (tertiary/aromatic N) is 3. The van der Waals surface area contributed by atoms with E-state index in [1.807, 2.05) is 13.1 Å². The van der Waals surface area contributed by atoms with Crippen molar-refractivity contribution >= 4 is 23.4 Å². The molecule has 4 fully saturated rings. The van der Waals surface area contributed by atoms with Crippen LogP contribution in [0.1, 0.15) is 56.9 Å². The molecule has 3 aliphatic heterocycles. The Morgan fingerprint density at radius 3 is 2.47 bits per heavy atom. The van der Waals surface area contributed by atoms with Crippen LogP contribution in [0.5, 0.6) is 0 Å². The van der Waals surface area contributed by atoms with Crippen molar-refractivity contribution in [2.24, 2.45) is 0 Å². The molecule has 0 radical (unpaired) electrons. The van der Waals surface area contributed by atoms with Gasteiger partial charge in [0.1, 0.15) is 11.9 Å². The Hall–Kier alpha value is -1.84. The minimum absolute atomic E-state index is 0.00269. The van der Waals surface area contributed by atoms with Gasteiger partial charge in [-0.15, -0.1) is 0 Å². The highest BCUT2D eigenvalue weighted by Crippen LogP contribution is 2.38. The highest BCUT2D eigenvalue weighted by atomic mass is 35.5. The monoisotopic (exact) mass is 526 g/mol. The number of piperidine rings is 1. The number of rotatable bonds is 4. The number of nitrogens with one attached hydrogen (secondary N) is 1. The first kappa shape index (κ1) is 25.8. The standard InChI is InChI=1S/C26H34ClF3N4O2/c1-32(18-4-6-26(29,30)7-5-18)19-13-22-24(36)31-25(14-23(35)34(22)16-19)8-10-33(11-9-25)15-17-2-3-20(27)21(28)12-17/h2-3,12,18-19,22H,4-11,13-16H2,1H3,(H,31,36)/t19-,22-/m0/s1. The first-order valence-corrected chi connectivity index (χ1v) is 13.3. The molecule has 2 atom stereocenters. The molecule has 0 aromatic heterocycles. The summed E-state index contributed by atoms with van der Waals surface area (Å²) >= 11 is 5.79. The Morgan fingerprint density at radius 1 is 1.11 bits per heavy atom. The lowest BCUT2D eigenvalue weighted by Gasteiger charge is -2.41. The number of amides is 2. The molecule has 2 amide bonds. The summed E-state index contributed by atoms with van der Waals surface area (Å²) in [6.07, 6.45) is 2.78. The molecule has 1 saturated carbocycles. The number of likely N-dealkylation sites (N-methyl/N-ethyl adjacent to an activating group) is 1. The van der Waals surface area contributed by atoms with Crippen molar-refractivity contribution in [1.82, 2.24) is 20.0 Å². The van der Waals surface area contributed by atoms with Crippen LogP contribution in [0.25, 0.3) is 0 Å². The van der Waals surface area contributed by atoms with E-state index in [1.165, 1.54) is 6.07 Å². The number of fused-ring (bicyclic) bond motifs is 1. The molecule has 4 aliphatic rings. The van der Waals surface area contributed by atoms with E-state index in [2.05, 4.69) is 15.1 Å². The molecular weight excluding hydrogens is 493 g/mol. The molecule has 1 aromatic rings. The van der Waals surface area contributed by atoms with Crippen LogP contribution >= 0.6 is 11.6 Å². The third kappa shape index (κ3) is 5.24. The van der Waals surface area contributed by atoms with E-state index in [0.717, 1.165) is 5.56 Å². The summed E-state index contributed by atoms with van der Waals surface area (Å²) in [4.78, 5) is 32.7. The SMILES string of the molecule is CN(C1CCC(F)(F)CC1)[C@H]1C[C@H]2C(=O)NC3(CCN(Cc4ccc(Cl)c(F)c4)CC3)CC(=O)N2C1. The fourth-order valence-corrected chi connectivity index (χ4v) is 6.60. The van der Waals surface area contributed by atoms with Crippen LogP contribution in [0.15, 0.2) is 18.2 Å². The van der Waals surface area contributed by atoms with E-state index in [4.69, 9.17) is 11.6 Å². The van der Waals surface area contributed by atoms with Crippen LogP contribution in [0, 0.1) is 5.82 Å². The van der Waals surface area contributed by atoms with E-state index in [0.29, 0.717) is 58.3 Å². The van der Waals surface area contributed by atoms with E-state index >= 15 is 0 Å². The van der Waals surface area contributed by atoms with Gasteiger partial charge in [-0.1, -0.05) is 17.7 Å². The molecule has 10 heteroatoms. The van der Waals surface area contributed by atoms with Crippen LogP contribution in [0.3, 0.4) is 0 Å². The fraction of sp³-hybridized carbons (Fsp3) is 0.692. The summed E-state index contributed by atoms with van der Waals surface area (Å²) in [6, 6.07) is 4.36. The predicted molar refractivity (Wildman–Crippen MR) is 130 cm³/mol. The van der Waals surface area contributed by atoms with Gasteiger partial charge in [0, 0.05) is 51.1 Å². The number of hydrogen-bond donors (Lipinski definition) is 1. The molecule has 198 valence electrons. The molecule has 3 heterocycles. The largest absolute Gasteiger partial charge is 0.348 e. The van der Waals surface area contributed by atoms with Crippen LogP contribution in [0.2, 0.25) is 5.02 Å². The number of hydrogen-bond acceptors (Lipinski definition) is 4. The minimum Gasteiger partial charge on any atom is -0.348 e. The molecule has 0 bridgehead atoms. The van der Waals surface area contributed by atoms with Gasteiger partial charge >= 0.3 is 0 Å². The molecule has 6 nitrogen and oxygen atoms in total. The molecule has 3 saturated heterocycles. The molecule has 1 aromatic carbocycles. The Morgan fingerprint density at radius 2 is 1.81 bits per heavy atom. The molecule has 36 heavy (non-hydrogen) atoms. The molecule has 1 aliphatic carbocycles. The van der Waals surface area contributed by atoms with E-state index in [9.17, 15) is 22.8 Å². The highest BCUT2D eigenvalue weighted by molar-refractivity contribution is 6.30. The van der Waals surface area contributed by atoms with Gasteiger partial charge in [0.15, 0.2) is 0 Å². The third-order valence-corrected chi connectivity index (χ3v) is 9.13. The maximum Gasteiger partial charge on any atom is 0.248 e. The number of alkyl halides is 2. The summed E-state index contributed by atoms with van der Waals surface area (Å²) in [5.41, 5.74) is 0.280. The van der Waals surface area contributed by atoms with Crippen molar-refractivity contribution < 1.29 is 22.8 Å². The molecule has 1 N–H and O–H groups in total. The van der Waals surface area contributed by atoms with Crippen molar-refractivity contribution in [3.63, 3.8) is 0 Å². The Bertz CT molecular complexity index is 979. The van der Waals surface area contributed by atoms with Crippen molar-refractivity contribution in [3.8, 4) is 0 Å². The second-order valence-corrected chi connectivity index (χ2v) is 11.6. The minimum atomic E-state index is -2.58. The molecular formula is C26H34ClF3N4O2. The van der Waals surface area contributed by atoms with Gasteiger partial charge in [-0.3, -0.25) is 19.4 Å². The lowest BCUT2D eigenvalue weighted by atomic mass is 9.83. The summed E-state index contributed by atoms with van der Waals surface area (Å²) in [7, 11) is 1.94. The Kier molecular flexibility index (Phi) is 7.02. The number of carbonyl (C=O) groups excluding carboxylic acids is 2. The zero-order valence-electron chi connectivity index (χ0n) is 20.6. The lowest BCUT2D eigenvalue weighted by molar-refractivity contribution is -0.135.